The van der Waals surface area contributed by atoms with E-state index in [1.165, 1.54) is 63.9 Å². The highest BCUT2D eigenvalue weighted by Crippen LogP contribution is 2.38. The van der Waals surface area contributed by atoms with E-state index in [1.807, 2.05) is 26.0 Å². The molecule has 1 aliphatic heterocycles. The monoisotopic (exact) mass is 416 g/mol. The van der Waals surface area contributed by atoms with Crippen molar-refractivity contribution < 1.29 is 5.11 Å². The van der Waals surface area contributed by atoms with Crippen molar-refractivity contribution in [1.29, 1.82) is 0 Å². The van der Waals surface area contributed by atoms with Gasteiger partial charge in [-0.15, -0.1) is 0 Å². The standard InChI is InChI=1S/C25H42N2O.C2H6/c1-20(25(3,4)23-12-8-9-13-24(28)16-23)17-27-15-14-26(18-21(27)2)19-22-10-6-5-7-11-22;1-2/h8,12-13,16,20-22,28H,5-7,9-11,14-15,17-19H2,1-4H3;1-2H3. The predicted molar refractivity (Wildman–Crippen MR) is 131 cm³/mol. The summed E-state index contributed by atoms with van der Waals surface area (Å²) in [6, 6.07) is 0.627. The second kappa shape index (κ2) is 12.1. The lowest BCUT2D eigenvalue weighted by Crippen LogP contribution is -2.54. The van der Waals surface area contributed by atoms with E-state index >= 15 is 0 Å². The molecule has 0 radical (unpaired) electrons. The lowest BCUT2D eigenvalue weighted by Gasteiger charge is -2.44. The molecule has 2 atom stereocenters. The molecule has 3 aliphatic rings. The third kappa shape index (κ3) is 6.99. The number of hydrogen-bond acceptors (Lipinski definition) is 3. The Morgan fingerprint density at radius 1 is 1.13 bits per heavy atom. The van der Waals surface area contributed by atoms with Crippen LogP contribution < -0.4 is 0 Å². The summed E-state index contributed by atoms with van der Waals surface area (Å²) < 4.78 is 0. The number of aliphatic hydroxyl groups is 1. The van der Waals surface area contributed by atoms with Crippen molar-refractivity contribution in [3.63, 3.8) is 0 Å². The van der Waals surface area contributed by atoms with Crippen molar-refractivity contribution in [3.05, 3.63) is 35.6 Å². The van der Waals surface area contributed by atoms with Crippen molar-refractivity contribution in [2.24, 2.45) is 17.3 Å². The van der Waals surface area contributed by atoms with Crippen LogP contribution in [0.3, 0.4) is 0 Å². The van der Waals surface area contributed by atoms with E-state index in [4.69, 9.17) is 0 Å². The molecule has 0 bridgehead atoms. The molecule has 3 rings (SSSR count). The van der Waals surface area contributed by atoms with Crippen LogP contribution >= 0.6 is 0 Å². The van der Waals surface area contributed by atoms with Crippen molar-refractivity contribution in [1.82, 2.24) is 9.80 Å². The van der Waals surface area contributed by atoms with Gasteiger partial charge in [0.15, 0.2) is 0 Å². The van der Waals surface area contributed by atoms with Gasteiger partial charge in [0.2, 0.25) is 0 Å². The van der Waals surface area contributed by atoms with Crippen molar-refractivity contribution >= 4 is 0 Å². The molecule has 3 nitrogen and oxygen atoms in total. The van der Waals surface area contributed by atoms with Gasteiger partial charge in [0.1, 0.15) is 5.76 Å². The van der Waals surface area contributed by atoms with E-state index in [9.17, 15) is 5.11 Å². The van der Waals surface area contributed by atoms with Crippen molar-refractivity contribution in [2.75, 3.05) is 32.7 Å². The highest BCUT2D eigenvalue weighted by Gasteiger charge is 2.33. The summed E-state index contributed by atoms with van der Waals surface area (Å²) in [7, 11) is 0. The number of aliphatic hydroxyl groups excluding tert-OH is 1. The van der Waals surface area contributed by atoms with Gasteiger partial charge in [-0.3, -0.25) is 4.90 Å². The fourth-order valence-electron chi connectivity index (χ4n) is 5.16. The number of nitrogens with zero attached hydrogens (tertiary/aromatic N) is 2. The quantitative estimate of drug-likeness (QED) is 0.529. The molecule has 2 aliphatic carbocycles. The highest BCUT2D eigenvalue weighted by atomic mass is 16.3. The minimum Gasteiger partial charge on any atom is -0.508 e. The smallest absolute Gasteiger partial charge is 0.112 e. The molecule has 0 aromatic rings. The Labute approximate surface area is 186 Å². The van der Waals surface area contributed by atoms with E-state index in [1.54, 1.807) is 0 Å². The molecule has 0 amide bonds. The molecule has 30 heavy (non-hydrogen) atoms. The average Bonchev–Trinajstić information content (AvgIpc) is 2.97. The Balaban J connectivity index is 0.00000155. The molecule has 1 saturated heterocycles. The summed E-state index contributed by atoms with van der Waals surface area (Å²) in [6.45, 7) is 19.5. The van der Waals surface area contributed by atoms with Gasteiger partial charge in [0.25, 0.3) is 0 Å². The van der Waals surface area contributed by atoms with E-state index in [-0.39, 0.29) is 5.41 Å². The van der Waals surface area contributed by atoms with Crippen molar-refractivity contribution in [3.8, 4) is 0 Å². The molecular formula is C27H48N2O. The lowest BCUT2D eigenvalue weighted by atomic mass is 9.73. The normalized spacial score (nSPS) is 25.6. The zero-order valence-electron chi connectivity index (χ0n) is 20.7. The summed E-state index contributed by atoms with van der Waals surface area (Å²) in [4.78, 5) is 5.42. The number of hydrogen-bond donors (Lipinski definition) is 1. The predicted octanol–water partition coefficient (Wildman–Crippen LogP) is 6.59. The van der Waals surface area contributed by atoms with Crippen LogP contribution in [-0.2, 0) is 0 Å². The molecular weight excluding hydrogens is 368 g/mol. The zero-order chi connectivity index (χ0) is 22.1. The highest BCUT2D eigenvalue weighted by molar-refractivity contribution is 5.35. The van der Waals surface area contributed by atoms with Crippen LogP contribution in [0.2, 0.25) is 0 Å². The SMILES string of the molecule is CC.CC1CN(CC2CCCCC2)CCN1CC(C)C(C)(C)C1=CC(O)=CCC=C1. The summed E-state index contributed by atoms with van der Waals surface area (Å²) in [5.41, 5.74) is 1.29. The molecule has 2 unspecified atom stereocenters. The van der Waals surface area contributed by atoms with Gasteiger partial charge in [-0.1, -0.05) is 66.0 Å². The third-order valence-corrected chi connectivity index (χ3v) is 7.64. The maximum atomic E-state index is 10.1. The fourth-order valence-corrected chi connectivity index (χ4v) is 5.16. The van der Waals surface area contributed by atoms with Gasteiger partial charge in [0, 0.05) is 38.8 Å². The van der Waals surface area contributed by atoms with Gasteiger partial charge in [0.05, 0.1) is 0 Å². The van der Waals surface area contributed by atoms with Crippen LogP contribution in [0.25, 0.3) is 0 Å². The average molecular weight is 417 g/mol. The maximum absolute atomic E-state index is 10.1. The minimum atomic E-state index is 0.0433. The molecule has 3 heteroatoms. The summed E-state index contributed by atoms with van der Waals surface area (Å²) >= 11 is 0. The first-order chi connectivity index (χ1) is 14.4. The van der Waals surface area contributed by atoms with Gasteiger partial charge in [-0.05, 0) is 61.2 Å². The Bertz CT molecular complexity index is 598. The summed E-state index contributed by atoms with van der Waals surface area (Å²) in [5.74, 6) is 1.88. The van der Waals surface area contributed by atoms with E-state index in [0.29, 0.717) is 17.7 Å². The summed E-state index contributed by atoms with van der Waals surface area (Å²) in [5, 5.41) is 10.1. The maximum Gasteiger partial charge on any atom is 0.112 e. The minimum absolute atomic E-state index is 0.0433. The van der Waals surface area contributed by atoms with Crippen LogP contribution in [0, 0.1) is 17.3 Å². The Hall–Kier alpha value is -1.06. The molecule has 0 aromatic heterocycles. The van der Waals surface area contributed by atoms with Crippen LogP contribution in [0.1, 0.15) is 80.1 Å². The zero-order valence-corrected chi connectivity index (χ0v) is 20.7. The largest absolute Gasteiger partial charge is 0.508 e. The second-order valence-electron chi connectivity index (χ2n) is 10.1. The second-order valence-corrected chi connectivity index (χ2v) is 10.1. The summed E-state index contributed by atoms with van der Waals surface area (Å²) in [6.07, 6.45) is 16.3. The first kappa shape index (κ1) is 25.2. The first-order valence-electron chi connectivity index (χ1n) is 12.6. The number of rotatable bonds is 6. The molecule has 1 saturated carbocycles. The third-order valence-electron chi connectivity index (χ3n) is 7.64. The Morgan fingerprint density at radius 2 is 1.83 bits per heavy atom. The molecule has 1 N–H and O–H groups in total. The fraction of sp³-hybridized carbons (Fsp3) is 0.778. The molecule has 0 aromatic carbocycles. The molecule has 0 spiro atoms. The van der Waals surface area contributed by atoms with Crippen LogP contribution in [0.4, 0.5) is 0 Å². The van der Waals surface area contributed by atoms with Crippen LogP contribution in [-0.4, -0.2) is 53.7 Å². The molecule has 172 valence electrons. The van der Waals surface area contributed by atoms with Crippen LogP contribution in [0.15, 0.2) is 35.6 Å². The van der Waals surface area contributed by atoms with Crippen molar-refractivity contribution in [2.45, 2.75) is 86.1 Å². The molecule has 1 heterocycles. The number of allylic oxidation sites excluding steroid dienone is 5. The van der Waals surface area contributed by atoms with E-state index in [2.05, 4.69) is 49.6 Å². The molecule has 2 fully saturated rings. The Kier molecular flexibility index (Phi) is 10.2. The first-order valence-corrected chi connectivity index (χ1v) is 12.6. The Morgan fingerprint density at radius 3 is 2.50 bits per heavy atom. The topological polar surface area (TPSA) is 26.7 Å². The van der Waals surface area contributed by atoms with E-state index in [0.717, 1.165) is 18.9 Å². The van der Waals surface area contributed by atoms with Crippen LogP contribution in [0.5, 0.6) is 0 Å². The number of piperazine rings is 1. The van der Waals surface area contributed by atoms with E-state index < -0.39 is 0 Å². The van der Waals surface area contributed by atoms with Gasteiger partial charge in [-0.25, -0.2) is 0 Å². The lowest BCUT2D eigenvalue weighted by molar-refractivity contribution is 0.0473. The van der Waals surface area contributed by atoms with Gasteiger partial charge in [-0.2, -0.15) is 0 Å². The van der Waals surface area contributed by atoms with Gasteiger partial charge >= 0.3 is 0 Å². The van der Waals surface area contributed by atoms with Gasteiger partial charge < -0.3 is 10.0 Å².